The summed E-state index contributed by atoms with van der Waals surface area (Å²) in [5.41, 5.74) is 0.488. The van der Waals surface area contributed by atoms with Gasteiger partial charge < -0.3 is 9.47 Å². The summed E-state index contributed by atoms with van der Waals surface area (Å²) in [4.78, 5) is 11.9. The van der Waals surface area contributed by atoms with Crippen molar-refractivity contribution in [3.05, 3.63) is 30.6 Å². The Morgan fingerprint density at radius 3 is 2.48 bits per heavy atom. The third-order valence-electron chi connectivity index (χ3n) is 3.13. The van der Waals surface area contributed by atoms with E-state index in [1.165, 1.54) is 50.2 Å². The minimum absolute atomic E-state index is 0.0000241. The van der Waals surface area contributed by atoms with Gasteiger partial charge in [-0.3, -0.25) is 10.0 Å². The van der Waals surface area contributed by atoms with Gasteiger partial charge in [0.25, 0.3) is 15.9 Å². The molecule has 27 heavy (non-hydrogen) atoms. The van der Waals surface area contributed by atoms with Crippen molar-refractivity contribution in [3.8, 4) is 17.8 Å². The first-order valence-electron chi connectivity index (χ1n) is 7.28. The number of aliphatic imine (C=N–C) groups is 1. The first-order valence-corrected chi connectivity index (χ1v) is 9.99. The zero-order valence-electron chi connectivity index (χ0n) is 14.6. The summed E-state index contributed by atoms with van der Waals surface area (Å²) in [7, 11) is -1.20. The molecule has 0 fully saturated rings. The van der Waals surface area contributed by atoms with E-state index < -0.39 is 10.0 Å². The highest BCUT2D eigenvalue weighted by Crippen LogP contribution is 2.32. The van der Waals surface area contributed by atoms with Gasteiger partial charge in [-0.2, -0.15) is 10.2 Å². The van der Waals surface area contributed by atoms with Crippen LogP contribution in [0, 0.1) is 11.5 Å². The number of amidine groups is 1. The molecule has 10 nitrogen and oxygen atoms in total. The van der Waals surface area contributed by atoms with Crippen LogP contribution in [0.15, 0.2) is 40.5 Å². The number of thioether (sulfide) groups is 1. The largest absolute Gasteiger partial charge is 0.489 e. The van der Waals surface area contributed by atoms with Gasteiger partial charge in [-0.15, -0.1) is 0 Å². The Kier molecular flexibility index (Phi) is 6.80. The fourth-order valence-electron chi connectivity index (χ4n) is 1.94. The molecule has 12 heteroatoms. The third-order valence-corrected chi connectivity index (χ3v) is 5.07. The molecular formula is C15H16N6O4S2. The van der Waals surface area contributed by atoms with Crippen LogP contribution < -0.4 is 19.5 Å². The molecule has 0 amide bonds. The third kappa shape index (κ3) is 4.99. The highest BCUT2D eigenvalue weighted by molar-refractivity contribution is 8.13. The lowest BCUT2D eigenvalue weighted by Crippen LogP contribution is -2.15. The van der Waals surface area contributed by atoms with Gasteiger partial charge in [0.2, 0.25) is 5.75 Å². The molecule has 1 aromatic carbocycles. The van der Waals surface area contributed by atoms with Gasteiger partial charge in [0.15, 0.2) is 17.2 Å². The molecule has 2 N–H and O–H groups in total. The Hall–Kier alpha value is -3.04. The molecule has 0 aliphatic carbocycles. The Labute approximate surface area is 160 Å². The molecule has 0 bridgehead atoms. The van der Waals surface area contributed by atoms with E-state index in [4.69, 9.17) is 14.7 Å². The number of rotatable bonds is 6. The van der Waals surface area contributed by atoms with Crippen molar-refractivity contribution in [2.45, 2.75) is 4.90 Å². The standard InChI is InChI=1S/C15H16N6O4S2/c1-24-12-13(18-9-19-14(12)25-2)21-27(22,23)11-6-4-10(5-7-11)20-15(26-3)17-8-16/h4-7,9H,1-3H3,(H,17,20)(H,18,19,21). The average Bonchev–Trinajstić information content (AvgIpc) is 2.67. The van der Waals surface area contributed by atoms with Gasteiger partial charge in [0.05, 0.1) is 24.8 Å². The number of methoxy groups -OCH3 is 2. The van der Waals surface area contributed by atoms with Gasteiger partial charge in [0, 0.05) is 0 Å². The number of nitrogens with one attached hydrogen (secondary N) is 2. The number of hydrogen-bond donors (Lipinski definition) is 2. The molecule has 1 heterocycles. The van der Waals surface area contributed by atoms with Crippen LogP contribution in [-0.2, 0) is 10.0 Å². The SMILES string of the molecule is COc1ncnc(NS(=O)(=O)c2ccc(N=C(NC#N)SC)cc2)c1OC. The Balaban J connectivity index is 2.29. The number of aromatic nitrogens is 2. The maximum atomic E-state index is 12.6. The van der Waals surface area contributed by atoms with E-state index in [1.54, 1.807) is 12.4 Å². The van der Waals surface area contributed by atoms with E-state index in [-0.39, 0.29) is 22.3 Å². The summed E-state index contributed by atoms with van der Waals surface area (Å²) in [6, 6.07) is 5.80. The van der Waals surface area contributed by atoms with E-state index in [9.17, 15) is 8.42 Å². The summed E-state index contributed by atoms with van der Waals surface area (Å²) in [6.45, 7) is 0. The van der Waals surface area contributed by atoms with Gasteiger partial charge in [-0.05, 0) is 30.5 Å². The predicted octanol–water partition coefficient (Wildman–Crippen LogP) is 1.72. The molecule has 0 spiro atoms. The van der Waals surface area contributed by atoms with Crippen molar-refractivity contribution < 1.29 is 17.9 Å². The van der Waals surface area contributed by atoms with Crippen molar-refractivity contribution in [3.63, 3.8) is 0 Å². The molecule has 0 unspecified atom stereocenters. The van der Waals surface area contributed by atoms with Crippen LogP contribution in [-0.4, -0.2) is 44.0 Å². The van der Waals surface area contributed by atoms with E-state index in [2.05, 4.69) is 25.0 Å². The highest BCUT2D eigenvalue weighted by Gasteiger charge is 2.20. The molecule has 0 aliphatic heterocycles. The molecule has 0 saturated carbocycles. The van der Waals surface area contributed by atoms with E-state index >= 15 is 0 Å². The molecule has 0 atom stereocenters. The lowest BCUT2D eigenvalue weighted by Gasteiger charge is -2.12. The topological polar surface area (TPSA) is 139 Å². The summed E-state index contributed by atoms with van der Waals surface area (Å²) >= 11 is 1.25. The molecule has 2 rings (SSSR count). The van der Waals surface area contributed by atoms with Crippen LogP contribution in [0.5, 0.6) is 11.6 Å². The van der Waals surface area contributed by atoms with Crippen LogP contribution in [0.1, 0.15) is 0 Å². The summed E-state index contributed by atoms with van der Waals surface area (Å²) < 4.78 is 37.7. The zero-order chi connectivity index (χ0) is 19.9. The Bertz CT molecular complexity index is 971. The summed E-state index contributed by atoms with van der Waals surface area (Å²) in [6.07, 6.45) is 4.70. The van der Waals surface area contributed by atoms with Crippen LogP contribution in [0.25, 0.3) is 0 Å². The first-order chi connectivity index (χ1) is 12.9. The number of anilines is 1. The maximum absolute atomic E-state index is 12.6. The second-order valence-electron chi connectivity index (χ2n) is 4.72. The van der Waals surface area contributed by atoms with E-state index in [0.717, 1.165) is 6.33 Å². The number of ether oxygens (including phenoxy) is 2. The Morgan fingerprint density at radius 1 is 1.22 bits per heavy atom. The smallest absolute Gasteiger partial charge is 0.263 e. The van der Waals surface area contributed by atoms with Crippen molar-refractivity contribution in [2.24, 2.45) is 4.99 Å². The minimum Gasteiger partial charge on any atom is -0.489 e. The monoisotopic (exact) mass is 408 g/mol. The van der Waals surface area contributed by atoms with Gasteiger partial charge >= 0.3 is 0 Å². The maximum Gasteiger partial charge on any atom is 0.263 e. The molecule has 1 aromatic heterocycles. The predicted molar refractivity (Wildman–Crippen MR) is 102 cm³/mol. The quantitative estimate of drug-likeness (QED) is 0.316. The minimum atomic E-state index is -3.93. The summed E-state index contributed by atoms with van der Waals surface area (Å²) in [5.74, 6) is 0.121. The molecule has 0 saturated heterocycles. The van der Waals surface area contributed by atoms with Crippen molar-refractivity contribution >= 4 is 38.5 Å². The number of sulfonamides is 1. The van der Waals surface area contributed by atoms with Crippen LogP contribution in [0.3, 0.4) is 0 Å². The first kappa shape index (κ1) is 20.3. The van der Waals surface area contributed by atoms with Crippen LogP contribution >= 0.6 is 11.8 Å². The molecule has 0 radical (unpaired) electrons. The number of nitriles is 1. The van der Waals surface area contributed by atoms with Crippen molar-refractivity contribution in [2.75, 3.05) is 25.2 Å². The Morgan fingerprint density at radius 2 is 1.93 bits per heavy atom. The second kappa shape index (κ2) is 9.06. The number of nitrogens with zero attached hydrogens (tertiary/aromatic N) is 4. The highest BCUT2D eigenvalue weighted by atomic mass is 32.2. The lowest BCUT2D eigenvalue weighted by molar-refractivity contribution is 0.342. The van der Waals surface area contributed by atoms with E-state index in [0.29, 0.717) is 10.9 Å². The lowest BCUT2D eigenvalue weighted by atomic mass is 10.3. The van der Waals surface area contributed by atoms with Gasteiger partial charge in [-0.25, -0.2) is 18.4 Å². The van der Waals surface area contributed by atoms with Crippen molar-refractivity contribution in [1.82, 2.24) is 15.3 Å². The molecule has 0 aliphatic rings. The van der Waals surface area contributed by atoms with Gasteiger partial charge in [0.1, 0.15) is 6.33 Å². The second-order valence-corrected chi connectivity index (χ2v) is 7.20. The van der Waals surface area contributed by atoms with Gasteiger partial charge in [-0.1, -0.05) is 11.8 Å². The number of benzene rings is 1. The van der Waals surface area contributed by atoms with Crippen LogP contribution in [0.4, 0.5) is 11.5 Å². The molecule has 2 aromatic rings. The fourth-order valence-corrected chi connectivity index (χ4v) is 3.29. The molecular weight excluding hydrogens is 392 g/mol. The number of hydrogen-bond acceptors (Lipinski definition) is 9. The zero-order valence-corrected chi connectivity index (χ0v) is 16.3. The van der Waals surface area contributed by atoms with Crippen molar-refractivity contribution in [1.29, 1.82) is 5.26 Å². The molecule has 142 valence electrons. The fraction of sp³-hybridized carbons (Fsp3) is 0.200. The van der Waals surface area contributed by atoms with Crippen LogP contribution in [0.2, 0.25) is 0 Å². The average molecular weight is 408 g/mol. The van der Waals surface area contributed by atoms with E-state index in [1.807, 2.05) is 0 Å². The normalized spacial score (nSPS) is 11.4. The summed E-state index contributed by atoms with van der Waals surface area (Å²) in [5, 5.41) is 11.5.